The van der Waals surface area contributed by atoms with Crippen LogP contribution in [0, 0.1) is 0 Å². The Hall–Kier alpha value is -3.88. The largest absolute Gasteiger partial charge is 0.275 e. The molecule has 1 aliphatic carbocycles. The summed E-state index contributed by atoms with van der Waals surface area (Å²) in [4.78, 5) is 14.0. The molecule has 5 aromatic rings. The van der Waals surface area contributed by atoms with Gasteiger partial charge in [-0.05, 0) is 30.7 Å². The second-order valence-electron chi connectivity index (χ2n) is 7.23. The molecule has 0 aromatic carbocycles. The van der Waals surface area contributed by atoms with Gasteiger partial charge in [0, 0.05) is 43.2 Å². The van der Waals surface area contributed by atoms with E-state index in [0.717, 1.165) is 29.1 Å². The van der Waals surface area contributed by atoms with Crippen LogP contribution in [0.5, 0.6) is 0 Å². The van der Waals surface area contributed by atoms with Gasteiger partial charge in [0.25, 0.3) is 5.95 Å². The Bertz CT molecular complexity index is 1280. The van der Waals surface area contributed by atoms with Gasteiger partial charge in [-0.1, -0.05) is 12.1 Å². The number of nitrogens with zero attached hydrogens (tertiary/aromatic N) is 9. The van der Waals surface area contributed by atoms with E-state index in [4.69, 9.17) is 10.1 Å². The predicted octanol–water partition coefficient (Wildman–Crippen LogP) is 2.38. The average molecular weight is 383 g/mol. The zero-order valence-electron chi connectivity index (χ0n) is 15.7. The van der Waals surface area contributed by atoms with Crippen LogP contribution in [-0.2, 0) is 7.05 Å². The quantitative estimate of drug-likeness (QED) is 0.473. The zero-order chi connectivity index (χ0) is 19.4. The summed E-state index contributed by atoms with van der Waals surface area (Å²) in [6.45, 7) is 0. The van der Waals surface area contributed by atoms with Crippen molar-refractivity contribution in [2.45, 2.75) is 18.3 Å². The van der Waals surface area contributed by atoms with E-state index in [1.165, 1.54) is 0 Å². The highest BCUT2D eigenvalue weighted by Crippen LogP contribution is 2.53. The molecule has 0 amide bonds. The lowest BCUT2D eigenvalue weighted by Gasteiger charge is -2.01. The van der Waals surface area contributed by atoms with Crippen LogP contribution in [-0.4, -0.2) is 44.1 Å². The van der Waals surface area contributed by atoms with E-state index >= 15 is 0 Å². The number of aryl methyl sites for hydroxylation is 1. The Morgan fingerprint density at radius 3 is 2.72 bits per heavy atom. The molecule has 0 N–H and O–H groups in total. The number of fused-ring (bicyclic) bond motifs is 1. The van der Waals surface area contributed by atoms with Gasteiger partial charge in [-0.2, -0.15) is 14.8 Å². The number of pyridine rings is 2. The highest BCUT2D eigenvalue weighted by atomic mass is 15.5. The van der Waals surface area contributed by atoms with Crippen molar-refractivity contribution in [3.05, 3.63) is 72.7 Å². The first-order chi connectivity index (χ1) is 14.3. The standard InChI is InChI=1S/C20H17N9/c1-27-12-13(11-22-27)18-24-19(15-10-14(15)16-6-2-4-8-21-16)29(25-18)20-23-17-7-3-5-9-28(17)26-20/h2-9,11-12,14-15H,10H2,1H3/t14-,15-/m1/s1. The fourth-order valence-corrected chi connectivity index (χ4v) is 3.68. The summed E-state index contributed by atoms with van der Waals surface area (Å²) in [7, 11) is 1.88. The van der Waals surface area contributed by atoms with Crippen LogP contribution >= 0.6 is 0 Å². The molecule has 0 unspecified atom stereocenters. The third-order valence-corrected chi connectivity index (χ3v) is 5.20. The molecule has 5 heterocycles. The van der Waals surface area contributed by atoms with Gasteiger partial charge in [-0.25, -0.2) is 9.50 Å². The molecule has 6 rings (SSSR count). The first kappa shape index (κ1) is 16.1. The third kappa shape index (κ3) is 2.70. The second kappa shape index (κ2) is 6.06. The van der Waals surface area contributed by atoms with Crippen LogP contribution in [0.4, 0.5) is 0 Å². The Labute approximate surface area is 165 Å². The summed E-state index contributed by atoms with van der Waals surface area (Å²) in [6, 6.07) is 11.8. The van der Waals surface area contributed by atoms with Crippen molar-refractivity contribution in [1.29, 1.82) is 0 Å². The van der Waals surface area contributed by atoms with Crippen molar-refractivity contribution in [3.8, 4) is 17.3 Å². The summed E-state index contributed by atoms with van der Waals surface area (Å²) >= 11 is 0. The smallest absolute Gasteiger partial charge is 0.272 e. The number of hydrogen-bond donors (Lipinski definition) is 0. The molecular weight excluding hydrogens is 366 g/mol. The van der Waals surface area contributed by atoms with Crippen molar-refractivity contribution < 1.29 is 0 Å². The lowest BCUT2D eigenvalue weighted by atomic mass is 10.2. The van der Waals surface area contributed by atoms with E-state index in [1.807, 2.05) is 56.0 Å². The van der Waals surface area contributed by atoms with E-state index in [9.17, 15) is 0 Å². The molecule has 2 atom stereocenters. The molecule has 0 aliphatic heterocycles. The molecule has 0 radical (unpaired) electrons. The molecule has 29 heavy (non-hydrogen) atoms. The Morgan fingerprint density at radius 1 is 1.00 bits per heavy atom. The van der Waals surface area contributed by atoms with Gasteiger partial charge in [0.05, 0.1) is 11.8 Å². The van der Waals surface area contributed by atoms with Crippen molar-refractivity contribution in [2.24, 2.45) is 7.05 Å². The van der Waals surface area contributed by atoms with E-state index < -0.39 is 0 Å². The summed E-state index contributed by atoms with van der Waals surface area (Å²) in [6.07, 6.45) is 8.36. The van der Waals surface area contributed by atoms with Gasteiger partial charge in [0.15, 0.2) is 11.5 Å². The molecule has 9 nitrogen and oxygen atoms in total. The number of rotatable bonds is 4. The maximum absolute atomic E-state index is 4.86. The van der Waals surface area contributed by atoms with Crippen molar-refractivity contribution in [3.63, 3.8) is 0 Å². The first-order valence-corrected chi connectivity index (χ1v) is 9.45. The predicted molar refractivity (Wildman–Crippen MR) is 104 cm³/mol. The summed E-state index contributed by atoms with van der Waals surface area (Å²) in [5.74, 6) is 2.56. The summed E-state index contributed by atoms with van der Waals surface area (Å²) in [5.41, 5.74) is 2.72. The van der Waals surface area contributed by atoms with Gasteiger partial charge in [-0.3, -0.25) is 9.67 Å². The summed E-state index contributed by atoms with van der Waals surface area (Å²) < 4.78 is 5.25. The minimum absolute atomic E-state index is 0.231. The first-order valence-electron chi connectivity index (χ1n) is 9.45. The van der Waals surface area contributed by atoms with Crippen molar-refractivity contribution >= 4 is 5.65 Å². The van der Waals surface area contributed by atoms with Crippen LogP contribution in [0.3, 0.4) is 0 Å². The van der Waals surface area contributed by atoms with Crippen LogP contribution < -0.4 is 0 Å². The molecule has 0 bridgehead atoms. The maximum Gasteiger partial charge on any atom is 0.272 e. The van der Waals surface area contributed by atoms with Gasteiger partial charge >= 0.3 is 0 Å². The van der Waals surface area contributed by atoms with E-state index in [0.29, 0.717) is 17.7 Å². The van der Waals surface area contributed by atoms with Crippen molar-refractivity contribution in [2.75, 3.05) is 0 Å². The lowest BCUT2D eigenvalue weighted by Crippen LogP contribution is -2.05. The minimum atomic E-state index is 0.231. The topological polar surface area (TPSA) is 91.6 Å². The molecular formula is C20H17N9. The van der Waals surface area contributed by atoms with E-state index in [-0.39, 0.29) is 5.92 Å². The van der Waals surface area contributed by atoms with Crippen LogP contribution in [0.15, 0.2) is 61.2 Å². The highest BCUT2D eigenvalue weighted by Gasteiger charge is 2.44. The van der Waals surface area contributed by atoms with Crippen LogP contribution in [0.2, 0.25) is 0 Å². The zero-order valence-corrected chi connectivity index (χ0v) is 15.7. The van der Waals surface area contributed by atoms with Gasteiger partial charge in [-0.15, -0.1) is 10.2 Å². The van der Waals surface area contributed by atoms with Gasteiger partial charge in [0.1, 0.15) is 5.82 Å². The molecule has 0 spiro atoms. The molecule has 142 valence electrons. The fourth-order valence-electron chi connectivity index (χ4n) is 3.68. The number of aromatic nitrogens is 9. The Kier molecular flexibility index (Phi) is 3.37. The molecule has 5 aromatic heterocycles. The van der Waals surface area contributed by atoms with E-state index in [2.05, 4.69) is 26.2 Å². The normalized spacial score (nSPS) is 18.4. The lowest BCUT2D eigenvalue weighted by molar-refractivity contribution is 0.734. The Balaban J connectivity index is 1.46. The monoisotopic (exact) mass is 383 g/mol. The molecule has 0 saturated heterocycles. The average Bonchev–Trinajstić information content (AvgIpc) is 3.09. The highest BCUT2D eigenvalue weighted by molar-refractivity contribution is 5.53. The third-order valence-electron chi connectivity index (χ3n) is 5.20. The van der Waals surface area contributed by atoms with Crippen molar-refractivity contribution in [1.82, 2.24) is 44.1 Å². The maximum atomic E-state index is 4.86. The van der Waals surface area contributed by atoms with Crippen LogP contribution in [0.1, 0.15) is 29.8 Å². The van der Waals surface area contributed by atoms with Gasteiger partial charge < -0.3 is 0 Å². The van der Waals surface area contributed by atoms with E-state index in [1.54, 1.807) is 20.1 Å². The minimum Gasteiger partial charge on any atom is -0.275 e. The molecule has 1 aliphatic rings. The molecule has 9 heteroatoms. The van der Waals surface area contributed by atoms with Crippen LogP contribution in [0.25, 0.3) is 23.0 Å². The number of hydrogen-bond acceptors (Lipinski definition) is 6. The summed E-state index contributed by atoms with van der Waals surface area (Å²) in [5, 5.41) is 13.6. The molecule has 1 fully saturated rings. The molecule has 1 saturated carbocycles. The van der Waals surface area contributed by atoms with Gasteiger partial charge in [0.2, 0.25) is 0 Å². The SMILES string of the molecule is Cn1cc(-c2nc([C@@H]3C[C@H]3c3ccccn3)n(-c3nc4ccccn4n3)n2)cn1. The second-order valence-corrected chi connectivity index (χ2v) is 7.23. The fraction of sp³-hybridized carbons (Fsp3) is 0.200. The Morgan fingerprint density at radius 2 is 1.93 bits per heavy atom.